The van der Waals surface area contributed by atoms with Gasteiger partial charge in [-0.15, -0.1) is 4.36 Å². The highest BCUT2D eigenvalue weighted by molar-refractivity contribution is 7.80. The van der Waals surface area contributed by atoms with Crippen LogP contribution in [0.15, 0.2) is 22.6 Å². The Labute approximate surface area is 186 Å². The van der Waals surface area contributed by atoms with E-state index in [1.54, 1.807) is 37.1 Å². The quantitative estimate of drug-likeness (QED) is 0.388. The molecule has 0 aliphatic rings. The van der Waals surface area contributed by atoms with Gasteiger partial charge in [0.25, 0.3) is 0 Å². The highest BCUT2D eigenvalue weighted by atomic mass is 32.2. The largest absolute Gasteiger partial charge is 0.494 e. The second kappa shape index (κ2) is 13.3. The normalized spacial score (nSPS) is 12.6. The number of methoxy groups -OCH3 is 1. The molecule has 0 fully saturated rings. The molecule has 0 saturated carbocycles. The maximum atomic E-state index is 13.5. The first kappa shape index (κ1) is 26.0. The minimum atomic E-state index is -2.62. The molecule has 0 radical (unpaired) electrons. The summed E-state index contributed by atoms with van der Waals surface area (Å²) in [6, 6.07) is 4.97. The average molecular weight is 456 g/mol. The predicted octanol–water partition coefficient (Wildman–Crippen LogP) is 4.57. The Morgan fingerprint density at radius 3 is 2.47 bits per heavy atom. The van der Waals surface area contributed by atoms with Gasteiger partial charge in [-0.25, -0.2) is 0 Å². The second-order valence-corrected chi connectivity index (χ2v) is 8.17. The van der Waals surface area contributed by atoms with E-state index in [-0.39, 0.29) is 17.6 Å². The van der Waals surface area contributed by atoms with Gasteiger partial charge in [0.1, 0.15) is 11.4 Å². The van der Waals surface area contributed by atoms with E-state index in [1.165, 1.54) is 7.11 Å². The van der Waals surface area contributed by atoms with E-state index in [4.69, 9.17) is 17.0 Å². The van der Waals surface area contributed by atoms with Crippen LogP contribution < -0.4 is 10.1 Å². The first-order valence-corrected chi connectivity index (χ1v) is 11.8. The number of nitrogens with one attached hydrogen (secondary N) is 1. The maximum Gasteiger partial charge on any atom is 0.316 e. The fraction of sp³-hybridized carbons (Fsp3) is 0.619. The molecule has 168 valence electrons. The van der Waals surface area contributed by atoms with Crippen LogP contribution >= 0.6 is 12.2 Å². The van der Waals surface area contributed by atoms with Gasteiger partial charge in [0.15, 0.2) is 5.11 Å². The summed E-state index contributed by atoms with van der Waals surface area (Å²) in [5, 5.41) is 3.36. The third kappa shape index (κ3) is 7.36. The first-order chi connectivity index (χ1) is 14.3. The smallest absolute Gasteiger partial charge is 0.316 e. The van der Waals surface area contributed by atoms with Gasteiger partial charge in [0, 0.05) is 13.1 Å². The molecule has 0 aliphatic heterocycles. The lowest BCUT2D eigenvalue weighted by Crippen LogP contribution is -2.50. The van der Waals surface area contributed by atoms with Crippen LogP contribution in [0.25, 0.3) is 0 Å². The van der Waals surface area contributed by atoms with Crippen molar-refractivity contribution < 1.29 is 17.9 Å². The van der Waals surface area contributed by atoms with Gasteiger partial charge < -0.3 is 10.1 Å². The Kier molecular flexibility index (Phi) is 11.6. The summed E-state index contributed by atoms with van der Waals surface area (Å²) in [6.07, 6.45) is 5.95. The van der Waals surface area contributed by atoms with Crippen molar-refractivity contribution in [3.63, 3.8) is 0 Å². The van der Waals surface area contributed by atoms with E-state index in [0.29, 0.717) is 16.4 Å². The molecule has 7 nitrogen and oxygen atoms in total. The molecule has 1 rings (SSSR count). The molecular weight excluding hydrogens is 422 g/mol. The van der Waals surface area contributed by atoms with Crippen LogP contribution in [0.5, 0.6) is 5.75 Å². The van der Waals surface area contributed by atoms with Crippen LogP contribution in [0.3, 0.4) is 0 Å². The zero-order chi connectivity index (χ0) is 22.7. The number of amides is 1. The van der Waals surface area contributed by atoms with Crippen molar-refractivity contribution >= 4 is 39.4 Å². The molecule has 9 heteroatoms. The minimum absolute atomic E-state index is 0.0213. The number of rotatable bonds is 11. The fourth-order valence-corrected chi connectivity index (χ4v) is 3.95. The lowest BCUT2D eigenvalue weighted by atomic mass is 9.96. The van der Waals surface area contributed by atoms with Gasteiger partial charge >= 0.3 is 10.5 Å². The minimum Gasteiger partial charge on any atom is -0.494 e. The maximum absolute atomic E-state index is 13.5. The van der Waals surface area contributed by atoms with Crippen molar-refractivity contribution in [2.75, 3.05) is 14.2 Å². The van der Waals surface area contributed by atoms with Gasteiger partial charge in [-0.05, 0) is 49.7 Å². The number of thiocarbonyl (C=S) groups is 1. The number of unbranched alkanes of at least 4 members (excludes halogenated alkanes) is 2. The van der Waals surface area contributed by atoms with Gasteiger partial charge in [-0.2, -0.15) is 8.42 Å². The number of hydrogen-bond acceptors (Lipinski definition) is 6. The van der Waals surface area contributed by atoms with Crippen LogP contribution in [-0.2, 0) is 15.3 Å². The van der Waals surface area contributed by atoms with E-state index < -0.39 is 16.4 Å². The Morgan fingerprint density at radius 1 is 1.23 bits per heavy atom. The topological polar surface area (TPSA) is 88.1 Å². The van der Waals surface area contributed by atoms with Crippen LogP contribution in [0.2, 0.25) is 0 Å². The lowest BCUT2D eigenvalue weighted by Gasteiger charge is -2.34. The molecule has 0 saturated heterocycles. The van der Waals surface area contributed by atoms with Gasteiger partial charge in [0.05, 0.1) is 13.0 Å². The highest BCUT2D eigenvalue weighted by Crippen LogP contribution is 2.32. The third-order valence-electron chi connectivity index (χ3n) is 5.04. The van der Waals surface area contributed by atoms with Gasteiger partial charge in [-0.3, -0.25) is 9.69 Å². The molecule has 2 atom stereocenters. The molecule has 0 bridgehead atoms. The summed E-state index contributed by atoms with van der Waals surface area (Å²) in [7, 11) is 0.534. The molecule has 0 aromatic heterocycles. The van der Waals surface area contributed by atoms with E-state index in [1.807, 2.05) is 0 Å². The predicted molar refractivity (Wildman–Crippen MR) is 124 cm³/mol. The monoisotopic (exact) mass is 455 g/mol. The standard InChI is InChI=1S/C21H33N3O4S2/c1-6-8-9-11-17(10-7-2)24(21(29)22-4)20(25)15(3)16-12-13-19(28-5)18(14-16)23-30(26)27/h12-15,17H,6-11H2,1-5H3,(H,22,29). The Morgan fingerprint density at radius 2 is 1.93 bits per heavy atom. The van der Waals surface area contributed by atoms with E-state index in [2.05, 4.69) is 23.5 Å². The molecule has 1 N–H and O–H groups in total. The Balaban J connectivity index is 3.28. The van der Waals surface area contributed by atoms with Crippen molar-refractivity contribution in [3.05, 3.63) is 23.8 Å². The molecule has 0 aliphatic carbocycles. The number of benzene rings is 1. The van der Waals surface area contributed by atoms with Crippen molar-refractivity contribution in [1.82, 2.24) is 10.2 Å². The SMILES string of the molecule is CCCCCC(CCC)N(C(=O)C(C)c1ccc(OC)c(N=S(=O)=O)c1)C(=S)NC. The number of ether oxygens (including phenoxy) is 1. The molecule has 0 spiro atoms. The summed E-state index contributed by atoms with van der Waals surface area (Å²) in [4.78, 5) is 15.2. The van der Waals surface area contributed by atoms with Crippen LogP contribution in [0.4, 0.5) is 5.69 Å². The summed E-state index contributed by atoms with van der Waals surface area (Å²) in [5.74, 6) is -0.320. The Hall–Kier alpha value is -2.00. The number of carbonyl (C=O) groups excluding carboxylic acids is 1. The summed E-state index contributed by atoms with van der Waals surface area (Å²) < 4.78 is 30.9. The van der Waals surface area contributed by atoms with Gasteiger partial charge in [0.2, 0.25) is 5.91 Å². The average Bonchev–Trinajstić information content (AvgIpc) is 2.72. The molecule has 1 aromatic carbocycles. The van der Waals surface area contributed by atoms with Crippen molar-refractivity contribution in [2.45, 2.75) is 71.3 Å². The number of hydrogen-bond donors (Lipinski definition) is 1. The zero-order valence-corrected chi connectivity index (χ0v) is 20.1. The summed E-state index contributed by atoms with van der Waals surface area (Å²) in [5.41, 5.74) is 0.816. The van der Waals surface area contributed by atoms with Crippen molar-refractivity contribution in [2.24, 2.45) is 4.36 Å². The van der Waals surface area contributed by atoms with Crippen LogP contribution in [0, 0.1) is 0 Å². The molecule has 1 aromatic rings. The molecular formula is C21H33N3O4S2. The molecule has 0 heterocycles. The number of nitrogens with zero attached hydrogens (tertiary/aromatic N) is 2. The zero-order valence-electron chi connectivity index (χ0n) is 18.5. The fourth-order valence-electron chi connectivity index (χ4n) is 3.41. The highest BCUT2D eigenvalue weighted by Gasteiger charge is 2.30. The molecule has 30 heavy (non-hydrogen) atoms. The van der Waals surface area contributed by atoms with E-state index >= 15 is 0 Å². The molecule has 1 amide bonds. The second-order valence-electron chi connectivity index (χ2n) is 7.16. The van der Waals surface area contributed by atoms with Crippen LogP contribution in [0.1, 0.15) is 70.8 Å². The van der Waals surface area contributed by atoms with E-state index in [9.17, 15) is 13.2 Å². The Bertz CT molecular complexity index is 848. The lowest BCUT2D eigenvalue weighted by molar-refractivity contribution is -0.130. The first-order valence-electron chi connectivity index (χ1n) is 10.3. The van der Waals surface area contributed by atoms with Crippen molar-refractivity contribution in [1.29, 1.82) is 0 Å². The molecule has 2 unspecified atom stereocenters. The van der Waals surface area contributed by atoms with Crippen LogP contribution in [-0.4, -0.2) is 44.5 Å². The summed E-state index contributed by atoms with van der Waals surface area (Å²) in [6.45, 7) is 6.04. The van der Waals surface area contributed by atoms with Gasteiger partial charge in [-0.1, -0.05) is 45.6 Å². The van der Waals surface area contributed by atoms with Crippen molar-refractivity contribution in [3.8, 4) is 5.75 Å². The third-order valence-corrected chi connectivity index (χ3v) is 5.79. The van der Waals surface area contributed by atoms with E-state index in [0.717, 1.165) is 38.5 Å². The summed E-state index contributed by atoms with van der Waals surface area (Å²) >= 11 is 5.49. The number of carbonyl (C=O) groups is 1.